The first-order chi connectivity index (χ1) is 26.6. The first-order valence-electron chi connectivity index (χ1n) is 19.0. The topological polar surface area (TPSA) is 175 Å². The molecule has 56 heavy (non-hydrogen) atoms. The molecule has 6 rings (SSSR count). The summed E-state index contributed by atoms with van der Waals surface area (Å²) in [4.78, 5) is 69.5. The van der Waals surface area contributed by atoms with E-state index >= 15 is 0 Å². The lowest BCUT2D eigenvalue weighted by Gasteiger charge is -2.24. The van der Waals surface area contributed by atoms with Crippen LogP contribution in [0.25, 0.3) is 22.5 Å². The second kappa shape index (κ2) is 16.7. The molecule has 2 aromatic carbocycles. The molecular weight excluding hydrogens is 713 g/mol. The van der Waals surface area contributed by atoms with E-state index in [0.717, 1.165) is 59.3 Å². The number of hydrogen-bond acceptors (Lipinski definition) is 8. The van der Waals surface area contributed by atoms with Gasteiger partial charge in [-0.2, -0.15) is 0 Å². The molecule has 2 atom stereocenters. The van der Waals surface area contributed by atoms with Crippen molar-refractivity contribution < 1.29 is 28.7 Å². The number of hydrogen-bond donors (Lipinski definition) is 4. The summed E-state index contributed by atoms with van der Waals surface area (Å²) in [5.74, 6) is 7.52. The van der Waals surface area contributed by atoms with E-state index in [-0.39, 0.29) is 37.0 Å². The van der Waals surface area contributed by atoms with Crippen molar-refractivity contribution in [3.63, 3.8) is 0 Å². The Labute approximate surface area is 327 Å². The Bertz CT molecular complexity index is 1950. The van der Waals surface area contributed by atoms with Gasteiger partial charge in [-0.15, -0.1) is 0 Å². The number of alkyl carbamates (subject to hydrolysis) is 2. The van der Waals surface area contributed by atoms with Gasteiger partial charge in [0.25, 0.3) is 0 Å². The Balaban J connectivity index is 1.02. The monoisotopic (exact) mass is 762 g/mol. The summed E-state index contributed by atoms with van der Waals surface area (Å²) in [6, 6.07) is 15.4. The van der Waals surface area contributed by atoms with E-state index < -0.39 is 23.4 Å². The number of nitrogens with zero attached hydrogens (tertiary/aromatic N) is 4. The maximum atomic E-state index is 13.0. The molecule has 0 saturated carbocycles. The van der Waals surface area contributed by atoms with Crippen LogP contribution in [0.3, 0.4) is 0 Å². The average Bonchev–Trinajstić information content (AvgIpc) is 3.97. The van der Waals surface area contributed by atoms with Crippen LogP contribution in [0.4, 0.5) is 9.59 Å². The normalized spacial score (nSPS) is 16.9. The van der Waals surface area contributed by atoms with Crippen LogP contribution in [0.15, 0.2) is 60.9 Å². The molecule has 0 aliphatic carbocycles. The third-order valence-corrected chi connectivity index (χ3v) is 9.28. The first-order valence-corrected chi connectivity index (χ1v) is 19.0. The molecule has 294 valence electrons. The zero-order chi connectivity index (χ0) is 40.0. The summed E-state index contributed by atoms with van der Waals surface area (Å²) in [6.07, 6.45) is 5.57. The van der Waals surface area contributed by atoms with E-state index in [2.05, 4.69) is 42.4 Å². The number of amides is 4. The van der Waals surface area contributed by atoms with Gasteiger partial charge >= 0.3 is 12.2 Å². The van der Waals surface area contributed by atoms with Crippen LogP contribution in [0.5, 0.6) is 0 Å². The maximum Gasteiger partial charge on any atom is 0.408 e. The van der Waals surface area contributed by atoms with Crippen LogP contribution < -0.4 is 10.6 Å². The molecule has 4 aromatic rings. The van der Waals surface area contributed by atoms with Crippen LogP contribution in [0.1, 0.15) is 102 Å². The van der Waals surface area contributed by atoms with E-state index in [9.17, 15) is 19.2 Å². The van der Waals surface area contributed by atoms with Gasteiger partial charge in [0.1, 0.15) is 35.9 Å². The number of aromatic amines is 2. The van der Waals surface area contributed by atoms with Gasteiger partial charge in [-0.1, -0.05) is 36.1 Å². The first kappa shape index (κ1) is 39.6. The lowest BCUT2D eigenvalue weighted by atomic mass is 10.1. The van der Waals surface area contributed by atoms with E-state index in [1.54, 1.807) is 63.7 Å². The minimum Gasteiger partial charge on any atom is -0.444 e. The standard InChI is InChI=1S/C42H50N8O6/c1-41(2,3)55-39(53)45-25-35(51)49-21-7-9-33(49)37-43-23-31(47-37)29-17-13-27(14-18-29)11-12-28-15-19-30(20-16-28)32-24-44-38(48-32)34-10-8-22-50(34)36(52)26-46-40(54)56-42(4,5)6/h13-20,23-24,33-34H,7-10,21-22,25-26H2,1-6H3,(H,43,47)(H,44,48)(H,45,53)(H,46,54). The molecule has 2 aromatic heterocycles. The van der Waals surface area contributed by atoms with Crippen molar-refractivity contribution >= 4 is 24.0 Å². The second-order valence-electron chi connectivity index (χ2n) is 16.0. The summed E-state index contributed by atoms with van der Waals surface area (Å²) >= 11 is 0. The van der Waals surface area contributed by atoms with Crippen LogP contribution in [0.2, 0.25) is 0 Å². The summed E-state index contributed by atoms with van der Waals surface area (Å²) in [6.45, 7) is 11.6. The van der Waals surface area contributed by atoms with Gasteiger partial charge in [-0.25, -0.2) is 19.6 Å². The molecule has 0 spiro atoms. The van der Waals surface area contributed by atoms with Crippen LogP contribution in [-0.2, 0) is 19.1 Å². The Morgan fingerprint density at radius 2 is 1.04 bits per heavy atom. The van der Waals surface area contributed by atoms with Crippen molar-refractivity contribution in [2.24, 2.45) is 0 Å². The van der Waals surface area contributed by atoms with Gasteiger partial charge in [0, 0.05) is 24.2 Å². The van der Waals surface area contributed by atoms with Crippen molar-refractivity contribution in [1.82, 2.24) is 40.4 Å². The smallest absolute Gasteiger partial charge is 0.408 e. The van der Waals surface area contributed by atoms with Gasteiger partial charge in [0.15, 0.2) is 0 Å². The third-order valence-electron chi connectivity index (χ3n) is 9.28. The van der Waals surface area contributed by atoms with E-state index in [1.165, 1.54) is 0 Å². The summed E-state index contributed by atoms with van der Waals surface area (Å²) in [5, 5.41) is 5.12. The molecule has 14 nitrogen and oxygen atoms in total. The average molecular weight is 763 g/mol. The maximum absolute atomic E-state index is 13.0. The Morgan fingerprint density at radius 3 is 1.39 bits per heavy atom. The van der Waals surface area contributed by atoms with Gasteiger partial charge in [-0.05, 0) is 103 Å². The summed E-state index contributed by atoms with van der Waals surface area (Å²) in [7, 11) is 0. The minimum atomic E-state index is -0.641. The van der Waals surface area contributed by atoms with E-state index in [1.807, 2.05) is 48.5 Å². The molecule has 14 heteroatoms. The molecule has 2 aliphatic heterocycles. The van der Waals surface area contributed by atoms with Crippen molar-refractivity contribution in [3.8, 4) is 34.4 Å². The highest BCUT2D eigenvalue weighted by Gasteiger charge is 2.33. The molecule has 4 N–H and O–H groups in total. The third kappa shape index (κ3) is 10.3. The fourth-order valence-corrected chi connectivity index (χ4v) is 6.74. The number of imidazole rings is 2. The molecule has 2 unspecified atom stereocenters. The van der Waals surface area contributed by atoms with Gasteiger partial charge < -0.3 is 39.9 Å². The van der Waals surface area contributed by atoms with E-state index in [0.29, 0.717) is 24.7 Å². The van der Waals surface area contributed by atoms with E-state index in [4.69, 9.17) is 9.47 Å². The Kier molecular flexibility index (Phi) is 11.8. The fourth-order valence-electron chi connectivity index (χ4n) is 6.74. The van der Waals surface area contributed by atoms with Crippen molar-refractivity contribution in [3.05, 3.63) is 83.7 Å². The quantitative estimate of drug-likeness (QED) is 0.153. The lowest BCUT2D eigenvalue weighted by molar-refractivity contribution is -0.132. The Morgan fingerprint density at radius 1 is 0.661 bits per heavy atom. The number of carbonyl (C=O) groups excluding carboxylic acids is 4. The van der Waals surface area contributed by atoms with Crippen LogP contribution in [0, 0.1) is 11.8 Å². The Hall–Kier alpha value is -6.10. The summed E-state index contributed by atoms with van der Waals surface area (Å²) < 4.78 is 10.5. The van der Waals surface area contributed by atoms with Gasteiger partial charge in [0.2, 0.25) is 11.8 Å². The van der Waals surface area contributed by atoms with Crippen molar-refractivity contribution in [1.29, 1.82) is 0 Å². The lowest BCUT2D eigenvalue weighted by Crippen LogP contribution is -2.41. The highest BCUT2D eigenvalue weighted by molar-refractivity contribution is 5.83. The number of benzene rings is 2. The molecule has 0 bridgehead atoms. The van der Waals surface area contributed by atoms with Crippen molar-refractivity contribution in [2.75, 3.05) is 26.2 Å². The van der Waals surface area contributed by atoms with Gasteiger partial charge in [0.05, 0.1) is 35.9 Å². The SMILES string of the molecule is CC(C)(C)OC(=O)NCC(=O)N1CCCC1c1ncc(-c2ccc(C#Cc3ccc(-c4cnc(C5CCCN5C(=O)CNC(=O)OC(C)(C)C)[nH]4)cc3)cc2)[nH]1. The number of H-pyrrole nitrogens is 2. The molecule has 2 saturated heterocycles. The molecule has 4 heterocycles. The minimum absolute atomic E-state index is 0.138. The summed E-state index contributed by atoms with van der Waals surface area (Å²) in [5.41, 5.74) is 4.01. The van der Waals surface area contributed by atoms with Gasteiger partial charge in [-0.3, -0.25) is 9.59 Å². The number of ether oxygens (including phenoxy) is 2. The molecule has 2 aliphatic rings. The van der Waals surface area contributed by atoms with Crippen LogP contribution >= 0.6 is 0 Å². The number of likely N-dealkylation sites (tertiary alicyclic amines) is 2. The number of carbonyl (C=O) groups is 4. The second-order valence-corrected chi connectivity index (χ2v) is 16.0. The zero-order valence-corrected chi connectivity index (χ0v) is 32.8. The predicted molar refractivity (Wildman–Crippen MR) is 210 cm³/mol. The molecular formula is C42H50N8O6. The van der Waals surface area contributed by atoms with Crippen LogP contribution in [-0.4, -0.2) is 91.1 Å². The largest absolute Gasteiger partial charge is 0.444 e. The molecule has 0 radical (unpaired) electrons. The highest BCUT2D eigenvalue weighted by Crippen LogP contribution is 2.33. The number of nitrogens with one attached hydrogen (secondary N) is 4. The molecule has 2 fully saturated rings. The highest BCUT2D eigenvalue weighted by atomic mass is 16.6. The van der Waals surface area contributed by atoms with Crippen molar-refractivity contribution in [2.45, 2.75) is 90.5 Å². The molecule has 4 amide bonds. The fraction of sp³-hybridized carbons (Fsp3) is 0.429. The number of rotatable bonds is 8. The predicted octanol–water partition coefficient (Wildman–Crippen LogP) is 6.24. The number of aromatic nitrogens is 4. The zero-order valence-electron chi connectivity index (χ0n) is 32.8.